The Hall–Kier alpha value is -1.70. The molecular formula is C14H17N3O3S. The van der Waals surface area contributed by atoms with E-state index in [9.17, 15) is 13.5 Å². The van der Waals surface area contributed by atoms with Crippen molar-refractivity contribution in [2.45, 2.75) is 17.4 Å². The van der Waals surface area contributed by atoms with Gasteiger partial charge in [-0.2, -0.15) is 4.31 Å². The monoisotopic (exact) mass is 307 g/mol. The summed E-state index contributed by atoms with van der Waals surface area (Å²) in [6.45, 7) is 0.524. The van der Waals surface area contributed by atoms with E-state index in [1.807, 2.05) is 6.07 Å². The van der Waals surface area contributed by atoms with Gasteiger partial charge >= 0.3 is 0 Å². The second-order valence-electron chi connectivity index (χ2n) is 5.11. The van der Waals surface area contributed by atoms with Gasteiger partial charge in [-0.15, -0.1) is 0 Å². The number of anilines is 1. The zero-order valence-corrected chi connectivity index (χ0v) is 12.5. The zero-order chi connectivity index (χ0) is 15.0. The third-order valence-corrected chi connectivity index (χ3v) is 5.54. The molecule has 2 N–H and O–H groups in total. The number of fused-ring (bicyclic) bond motifs is 1. The average molecular weight is 307 g/mol. The van der Waals surface area contributed by atoms with Crippen LogP contribution in [0.3, 0.4) is 0 Å². The molecule has 21 heavy (non-hydrogen) atoms. The molecule has 1 aromatic carbocycles. The smallest absolute Gasteiger partial charge is 0.243 e. The maximum atomic E-state index is 12.5. The predicted octanol–water partition coefficient (Wildman–Crippen LogP) is 1.03. The number of aromatic nitrogens is 1. The van der Waals surface area contributed by atoms with Crippen molar-refractivity contribution in [3.8, 4) is 0 Å². The molecule has 0 amide bonds. The standard InChI is InChI=1S/C14H17N3O3S/c1-15-14-5-2-10-8-12(3-4-13(10)16-14)21(19,20)17-7-6-11(18)9-17/h2-5,8,11,18H,6-7,9H2,1H3,(H,15,16). The normalized spacial score (nSPS) is 20.0. The van der Waals surface area contributed by atoms with Crippen LogP contribution >= 0.6 is 0 Å². The van der Waals surface area contributed by atoms with Crippen molar-refractivity contribution in [3.63, 3.8) is 0 Å². The van der Waals surface area contributed by atoms with Gasteiger partial charge in [0.05, 0.1) is 16.5 Å². The third kappa shape index (κ3) is 2.59. The number of nitrogens with zero attached hydrogens (tertiary/aromatic N) is 2. The maximum absolute atomic E-state index is 12.5. The van der Waals surface area contributed by atoms with Crippen molar-refractivity contribution in [2.75, 3.05) is 25.5 Å². The summed E-state index contributed by atoms with van der Waals surface area (Å²) in [7, 11) is -1.77. The van der Waals surface area contributed by atoms with E-state index in [0.717, 1.165) is 16.7 Å². The quantitative estimate of drug-likeness (QED) is 0.885. The summed E-state index contributed by atoms with van der Waals surface area (Å²) in [6, 6.07) is 8.54. The molecule has 3 rings (SSSR count). The molecule has 0 saturated carbocycles. The first-order valence-corrected chi connectivity index (χ1v) is 8.21. The van der Waals surface area contributed by atoms with Gasteiger partial charge in [-0.05, 0) is 36.8 Å². The van der Waals surface area contributed by atoms with E-state index >= 15 is 0 Å². The Morgan fingerprint density at radius 2 is 2.14 bits per heavy atom. The second kappa shape index (κ2) is 5.25. The van der Waals surface area contributed by atoms with Gasteiger partial charge in [-0.3, -0.25) is 0 Å². The van der Waals surface area contributed by atoms with E-state index in [1.165, 1.54) is 4.31 Å². The highest BCUT2D eigenvalue weighted by Gasteiger charge is 2.31. The fourth-order valence-electron chi connectivity index (χ4n) is 2.48. The molecule has 0 spiro atoms. The first-order valence-electron chi connectivity index (χ1n) is 6.77. The molecule has 2 aromatic rings. The summed E-state index contributed by atoms with van der Waals surface area (Å²) in [4.78, 5) is 4.61. The highest BCUT2D eigenvalue weighted by molar-refractivity contribution is 7.89. The molecule has 7 heteroatoms. The van der Waals surface area contributed by atoms with Crippen LogP contribution in [0.1, 0.15) is 6.42 Å². The minimum atomic E-state index is -3.55. The molecule has 1 aliphatic rings. The number of pyridine rings is 1. The molecule has 1 aliphatic heterocycles. The van der Waals surface area contributed by atoms with Crippen molar-refractivity contribution < 1.29 is 13.5 Å². The summed E-state index contributed by atoms with van der Waals surface area (Å²) < 4.78 is 26.4. The van der Waals surface area contributed by atoms with E-state index < -0.39 is 16.1 Å². The largest absolute Gasteiger partial charge is 0.392 e. The molecule has 1 fully saturated rings. The Morgan fingerprint density at radius 3 is 2.81 bits per heavy atom. The Balaban J connectivity index is 2.01. The average Bonchev–Trinajstić information content (AvgIpc) is 2.93. The summed E-state index contributed by atoms with van der Waals surface area (Å²) >= 11 is 0. The molecule has 112 valence electrons. The highest BCUT2D eigenvalue weighted by atomic mass is 32.2. The van der Waals surface area contributed by atoms with Crippen molar-refractivity contribution in [1.29, 1.82) is 0 Å². The molecule has 1 aromatic heterocycles. The Kier molecular flexibility index (Phi) is 3.56. The molecule has 0 bridgehead atoms. The van der Waals surface area contributed by atoms with Gasteiger partial charge in [0.1, 0.15) is 5.82 Å². The summed E-state index contributed by atoms with van der Waals surface area (Å²) in [5, 5.41) is 13.2. The number of aliphatic hydroxyl groups excluding tert-OH is 1. The summed E-state index contributed by atoms with van der Waals surface area (Å²) in [5.41, 5.74) is 0.738. The number of rotatable bonds is 3. The van der Waals surface area contributed by atoms with E-state index in [-0.39, 0.29) is 11.4 Å². The second-order valence-corrected chi connectivity index (χ2v) is 7.04. The van der Waals surface area contributed by atoms with Crippen LogP contribution in [0.2, 0.25) is 0 Å². The SMILES string of the molecule is CNc1ccc2cc(S(=O)(=O)N3CCC(O)C3)ccc2n1. The topological polar surface area (TPSA) is 82.5 Å². The maximum Gasteiger partial charge on any atom is 0.243 e. The van der Waals surface area contributed by atoms with Crippen LogP contribution in [0.5, 0.6) is 0 Å². The molecule has 1 saturated heterocycles. The van der Waals surface area contributed by atoms with Gasteiger partial charge in [0.25, 0.3) is 0 Å². The first kappa shape index (κ1) is 14.2. The van der Waals surface area contributed by atoms with E-state index in [4.69, 9.17) is 0 Å². The summed E-state index contributed by atoms with van der Waals surface area (Å²) in [5.74, 6) is 0.737. The van der Waals surface area contributed by atoms with Crippen LogP contribution in [0.25, 0.3) is 10.9 Å². The Morgan fingerprint density at radius 1 is 1.33 bits per heavy atom. The Bertz CT molecular complexity index is 776. The van der Waals surface area contributed by atoms with Crippen LogP contribution in [-0.2, 0) is 10.0 Å². The molecule has 0 aliphatic carbocycles. The number of aliphatic hydroxyl groups is 1. The molecule has 2 heterocycles. The van der Waals surface area contributed by atoms with E-state index in [2.05, 4.69) is 10.3 Å². The predicted molar refractivity (Wildman–Crippen MR) is 80.7 cm³/mol. The highest BCUT2D eigenvalue weighted by Crippen LogP contribution is 2.24. The van der Waals surface area contributed by atoms with Crippen LogP contribution in [-0.4, -0.2) is 49.1 Å². The van der Waals surface area contributed by atoms with Gasteiger partial charge in [0.15, 0.2) is 0 Å². The molecule has 1 unspecified atom stereocenters. The number of nitrogens with one attached hydrogen (secondary N) is 1. The van der Waals surface area contributed by atoms with Crippen LogP contribution in [0.15, 0.2) is 35.2 Å². The third-order valence-electron chi connectivity index (χ3n) is 3.68. The molecular weight excluding hydrogens is 290 g/mol. The van der Waals surface area contributed by atoms with Gasteiger partial charge in [0.2, 0.25) is 10.0 Å². The number of β-amino-alcohol motifs (C(OH)–C–C–N with tert-alkyl or cyclic N) is 1. The minimum absolute atomic E-state index is 0.164. The van der Waals surface area contributed by atoms with E-state index in [0.29, 0.717) is 13.0 Å². The van der Waals surface area contributed by atoms with Crippen molar-refractivity contribution in [3.05, 3.63) is 30.3 Å². The van der Waals surface area contributed by atoms with E-state index in [1.54, 1.807) is 31.3 Å². The lowest BCUT2D eigenvalue weighted by atomic mass is 10.2. The van der Waals surface area contributed by atoms with Crippen LogP contribution < -0.4 is 5.32 Å². The molecule has 6 nitrogen and oxygen atoms in total. The number of hydrogen-bond acceptors (Lipinski definition) is 5. The van der Waals surface area contributed by atoms with Gasteiger partial charge < -0.3 is 10.4 Å². The summed E-state index contributed by atoms with van der Waals surface area (Å²) in [6.07, 6.45) is -0.0834. The fraction of sp³-hybridized carbons (Fsp3) is 0.357. The van der Waals surface area contributed by atoms with Crippen molar-refractivity contribution in [2.24, 2.45) is 0 Å². The lowest BCUT2D eigenvalue weighted by Gasteiger charge is -2.16. The number of hydrogen-bond donors (Lipinski definition) is 2. The van der Waals surface area contributed by atoms with Gasteiger partial charge in [-0.25, -0.2) is 13.4 Å². The van der Waals surface area contributed by atoms with Crippen molar-refractivity contribution >= 4 is 26.7 Å². The lowest BCUT2D eigenvalue weighted by Crippen LogP contribution is -2.29. The lowest BCUT2D eigenvalue weighted by molar-refractivity contribution is 0.189. The van der Waals surface area contributed by atoms with Gasteiger partial charge in [-0.1, -0.05) is 0 Å². The van der Waals surface area contributed by atoms with Crippen LogP contribution in [0, 0.1) is 0 Å². The van der Waals surface area contributed by atoms with Crippen molar-refractivity contribution in [1.82, 2.24) is 9.29 Å². The molecule has 1 atom stereocenters. The minimum Gasteiger partial charge on any atom is -0.392 e. The first-order chi connectivity index (χ1) is 10.0. The zero-order valence-electron chi connectivity index (χ0n) is 11.7. The van der Waals surface area contributed by atoms with Gasteiger partial charge in [0, 0.05) is 25.5 Å². The molecule has 0 radical (unpaired) electrons. The van der Waals surface area contributed by atoms with Crippen LogP contribution in [0.4, 0.5) is 5.82 Å². The fourth-order valence-corrected chi connectivity index (χ4v) is 4.01. The Labute approximate surface area is 123 Å². The number of sulfonamides is 1. The number of benzene rings is 1.